The van der Waals surface area contributed by atoms with Crippen LogP contribution in [0.2, 0.25) is 0 Å². The van der Waals surface area contributed by atoms with Crippen molar-refractivity contribution in [3.05, 3.63) is 74.7 Å². The van der Waals surface area contributed by atoms with Gasteiger partial charge in [-0.2, -0.15) is 5.10 Å². The summed E-state index contributed by atoms with van der Waals surface area (Å²) in [6.45, 7) is 4.31. The molecule has 1 N–H and O–H groups in total. The van der Waals surface area contributed by atoms with Gasteiger partial charge in [-0.25, -0.2) is 4.68 Å². The van der Waals surface area contributed by atoms with Crippen molar-refractivity contribution in [2.45, 2.75) is 20.4 Å². The Balaban J connectivity index is 2.01. The van der Waals surface area contributed by atoms with E-state index in [-0.39, 0.29) is 22.9 Å². The number of amides is 1. The average molecular weight is 366 g/mol. The number of nitrogens with one attached hydrogen (secondary N) is 1. The highest BCUT2D eigenvalue weighted by atomic mass is 16.6. The fourth-order valence-electron chi connectivity index (χ4n) is 2.73. The lowest BCUT2D eigenvalue weighted by Gasteiger charge is -2.12. The van der Waals surface area contributed by atoms with E-state index in [0.29, 0.717) is 23.0 Å². The summed E-state index contributed by atoms with van der Waals surface area (Å²) in [5, 5.41) is 18.6. The molecule has 8 nitrogen and oxygen atoms in total. The summed E-state index contributed by atoms with van der Waals surface area (Å²) in [6.07, 6.45) is 0. The molecule has 0 aliphatic carbocycles. The van der Waals surface area contributed by atoms with Crippen molar-refractivity contribution in [1.82, 2.24) is 9.78 Å². The van der Waals surface area contributed by atoms with Crippen molar-refractivity contribution in [1.29, 1.82) is 0 Å². The maximum Gasteiger partial charge on any atom is 0.276 e. The van der Waals surface area contributed by atoms with Crippen LogP contribution >= 0.6 is 0 Å². The van der Waals surface area contributed by atoms with Crippen LogP contribution in [-0.2, 0) is 6.54 Å². The van der Waals surface area contributed by atoms with Crippen LogP contribution in [0.15, 0.2) is 53.3 Å². The Morgan fingerprint density at radius 2 is 1.78 bits per heavy atom. The molecule has 8 heteroatoms. The Morgan fingerprint density at radius 1 is 1.15 bits per heavy atom. The van der Waals surface area contributed by atoms with Crippen LogP contribution in [0.25, 0.3) is 10.8 Å². The minimum atomic E-state index is -0.511. The van der Waals surface area contributed by atoms with E-state index in [2.05, 4.69) is 10.4 Å². The molecule has 0 spiro atoms. The summed E-state index contributed by atoms with van der Waals surface area (Å²) in [7, 11) is 0. The van der Waals surface area contributed by atoms with E-state index in [0.717, 1.165) is 0 Å². The number of hydrogen-bond acceptors (Lipinski definition) is 5. The Morgan fingerprint density at radius 3 is 2.37 bits per heavy atom. The summed E-state index contributed by atoms with van der Waals surface area (Å²) < 4.78 is 1.30. The van der Waals surface area contributed by atoms with Crippen molar-refractivity contribution < 1.29 is 9.72 Å². The molecule has 0 unspecified atom stereocenters. The van der Waals surface area contributed by atoms with Crippen LogP contribution in [-0.4, -0.2) is 20.6 Å². The topological polar surface area (TPSA) is 107 Å². The number of nitro groups is 1. The average Bonchev–Trinajstić information content (AvgIpc) is 2.64. The number of rotatable bonds is 5. The maximum absolute atomic E-state index is 12.8. The monoisotopic (exact) mass is 366 g/mol. The number of fused-ring (bicyclic) bond motifs is 1. The van der Waals surface area contributed by atoms with E-state index in [4.69, 9.17) is 0 Å². The van der Waals surface area contributed by atoms with E-state index in [1.807, 2.05) is 13.8 Å². The van der Waals surface area contributed by atoms with Crippen LogP contribution in [0.5, 0.6) is 0 Å². The lowest BCUT2D eigenvalue weighted by atomic mass is 10.1. The Labute approximate surface area is 154 Å². The number of nitro benzene ring substituents is 1. The number of non-ortho nitro benzene ring substituents is 1. The van der Waals surface area contributed by atoms with Gasteiger partial charge >= 0.3 is 0 Å². The molecule has 0 aliphatic heterocycles. The third-order valence-electron chi connectivity index (χ3n) is 3.96. The van der Waals surface area contributed by atoms with Gasteiger partial charge in [-0.15, -0.1) is 0 Å². The van der Waals surface area contributed by atoms with Gasteiger partial charge in [0.15, 0.2) is 5.69 Å². The van der Waals surface area contributed by atoms with Gasteiger partial charge in [0.2, 0.25) is 0 Å². The summed E-state index contributed by atoms with van der Waals surface area (Å²) in [5.74, 6) is -0.306. The first-order valence-electron chi connectivity index (χ1n) is 8.42. The second-order valence-corrected chi connectivity index (χ2v) is 6.53. The van der Waals surface area contributed by atoms with Gasteiger partial charge in [-0.05, 0) is 24.1 Å². The number of hydrogen-bond donors (Lipinski definition) is 1. The number of benzene rings is 2. The minimum Gasteiger partial charge on any atom is -0.321 e. The smallest absolute Gasteiger partial charge is 0.276 e. The molecule has 0 aliphatic rings. The lowest BCUT2D eigenvalue weighted by molar-refractivity contribution is -0.384. The van der Waals surface area contributed by atoms with Gasteiger partial charge in [0.25, 0.3) is 17.2 Å². The van der Waals surface area contributed by atoms with Crippen molar-refractivity contribution >= 4 is 28.1 Å². The molecule has 0 atom stereocenters. The summed E-state index contributed by atoms with van der Waals surface area (Å²) >= 11 is 0. The van der Waals surface area contributed by atoms with Gasteiger partial charge in [0, 0.05) is 29.8 Å². The first kappa shape index (κ1) is 18.2. The van der Waals surface area contributed by atoms with E-state index < -0.39 is 10.8 Å². The highest BCUT2D eigenvalue weighted by Crippen LogP contribution is 2.18. The minimum absolute atomic E-state index is 0.0675. The fourth-order valence-corrected chi connectivity index (χ4v) is 2.73. The predicted molar refractivity (Wildman–Crippen MR) is 102 cm³/mol. The van der Waals surface area contributed by atoms with E-state index in [1.54, 1.807) is 24.3 Å². The molecule has 138 valence electrons. The zero-order valence-electron chi connectivity index (χ0n) is 14.9. The Bertz CT molecular complexity index is 1070. The molecule has 1 aromatic heterocycles. The first-order chi connectivity index (χ1) is 12.9. The summed E-state index contributed by atoms with van der Waals surface area (Å²) in [4.78, 5) is 35.6. The van der Waals surface area contributed by atoms with Crippen LogP contribution in [0.4, 0.5) is 11.4 Å². The SMILES string of the molecule is CC(C)Cn1nc(C(=O)Nc2ccc([N+](=O)[O-])cc2)c2ccccc2c1=O. The number of carbonyl (C=O) groups is 1. The van der Waals surface area contributed by atoms with Crippen molar-refractivity contribution in [3.8, 4) is 0 Å². The van der Waals surface area contributed by atoms with Gasteiger partial charge < -0.3 is 5.32 Å². The third kappa shape index (κ3) is 3.84. The van der Waals surface area contributed by atoms with Gasteiger partial charge in [0.05, 0.1) is 10.3 Å². The summed E-state index contributed by atoms with van der Waals surface area (Å²) in [5.41, 5.74) is 0.218. The molecule has 0 saturated carbocycles. The molecule has 0 fully saturated rings. The van der Waals surface area contributed by atoms with E-state index >= 15 is 0 Å². The molecular weight excluding hydrogens is 348 g/mol. The molecule has 0 radical (unpaired) electrons. The number of carbonyl (C=O) groups excluding carboxylic acids is 1. The maximum atomic E-state index is 12.8. The normalized spacial score (nSPS) is 10.9. The molecule has 27 heavy (non-hydrogen) atoms. The number of aromatic nitrogens is 2. The predicted octanol–water partition coefficient (Wildman–Crippen LogP) is 3.21. The Hall–Kier alpha value is -3.55. The quantitative estimate of drug-likeness (QED) is 0.551. The highest BCUT2D eigenvalue weighted by Gasteiger charge is 2.17. The fraction of sp³-hybridized carbons (Fsp3) is 0.211. The molecule has 2 aromatic carbocycles. The number of anilines is 1. The van der Waals surface area contributed by atoms with Gasteiger partial charge in [-0.1, -0.05) is 32.0 Å². The Kier molecular flexibility index (Phi) is 4.98. The second kappa shape index (κ2) is 7.36. The first-order valence-corrected chi connectivity index (χ1v) is 8.42. The zero-order chi connectivity index (χ0) is 19.6. The standard InChI is InChI=1S/C19H18N4O4/c1-12(2)11-22-19(25)16-6-4-3-5-15(16)17(21-22)18(24)20-13-7-9-14(10-8-13)23(26)27/h3-10,12H,11H2,1-2H3,(H,20,24). The van der Waals surface area contributed by atoms with Gasteiger partial charge in [-0.3, -0.25) is 19.7 Å². The summed E-state index contributed by atoms with van der Waals surface area (Å²) in [6, 6.07) is 12.3. The van der Waals surface area contributed by atoms with Crippen LogP contribution in [0, 0.1) is 16.0 Å². The molecular formula is C19H18N4O4. The van der Waals surface area contributed by atoms with Crippen molar-refractivity contribution in [2.75, 3.05) is 5.32 Å². The van der Waals surface area contributed by atoms with Crippen LogP contribution < -0.4 is 10.9 Å². The lowest BCUT2D eigenvalue weighted by Crippen LogP contribution is -2.29. The van der Waals surface area contributed by atoms with Crippen LogP contribution in [0.1, 0.15) is 24.3 Å². The van der Waals surface area contributed by atoms with Crippen molar-refractivity contribution in [2.24, 2.45) is 5.92 Å². The molecule has 1 amide bonds. The van der Waals surface area contributed by atoms with Crippen LogP contribution in [0.3, 0.4) is 0 Å². The highest BCUT2D eigenvalue weighted by molar-refractivity contribution is 6.11. The molecule has 0 saturated heterocycles. The van der Waals surface area contributed by atoms with E-state index in [9.17, 15) is 19.7 Å². The third-order valence-corrected chi connectivity index (χ3v) is 3.96. The molecule has 3 aromatic rings. The number of nitrogens with zero attached hydrogens (tertiary/aromatic N) is 3. The second-order valence-electron chi connectivity index (χ2n) is 6.53. The van der Waals surface area contributed by atoms with Gasteiger partial charge in [0.1, 0.15) is 0 Å². The molecule has 1 heterocycles. The van der Waals surface area contributed by atoms with Crippen molar-refractivity contribution in [3.63, 3.8) is 0 Å². The molecule has 0 bridgehead atoms. The molecule has 3 rings (SSSR count). The largest absolute Gasteiger partial charge is 0.321 e. The zero-order valence-corrected chi connectivity index (χ0v) is 14.9. The van der Waals surface area contributed by atoms with E-state index in [1.165, 1.54) is 28.9 Å².